The van der Waals surface area contributed by atoms with Crippen LogP contribution in [0.25, 0.3) is 0 Å². The fourth-order valence-electron chi connectivity index (χ4n) is 1.21. The Labute approximate surface area is 108 Å². The molecular weight excluding hydrogens is 259 g/mol. The minimum absolute atomic E-state index is 0.0916. The zero-order chi connectivity index (χ0) is 14.6. The molecule has 0 radical (unpaired) electrons. The van der Waals surface area contributed by atoms with Gasteiger partial charge in [0.25, 0.3) is 0 Å². The van der Waals surface area contributed by atoms with Gasteiger partial charge in [-0.1, -0.05) is 6.07 Å². The number of hydrogen-bond acceptors (Lipinski definition) is 2. The first kappa shape index (κ1) is 14.9. The first-order chi connectivity index (χ1) is 8.70. The van der Waals surface area contributed by atoms with Crippen LogP contribution in [-0.4, -0.2) is 22.8 Å². The van der Waals surface area contributed by atoms with Gasteiger partial charge in [-0.2, -0.15) is 18.2 Å². The van der Waals surface area contributed by atoms with Crippen LogP contribution in [0.1, 0.15) is 25.2 Å². The summed E-state index contributed by atoms with van der Waals surface area (Å²) >= 11 is 0. The lowest BCUT2D eigenvalue weighted by molar-refractivity contribution is -0.141. The highest BCUT2D eigenvalue weighted by Crippen LogP contribution is 2.27. The Morgan fingerprint density at radius 1 is 1.26 bits per heavy atom. The van der Waals surface area contributed by atoms with Crippen molar-refractivity contribution in [3.05, 3.63) is 29.6 Å². The molecule has 19 heavy (non-hydrogen) atoms. The van der Waals surface area contributed by atoms with Crippen LogP contribution in [0.3, 0.4) is 0 Å². The first-order valence-electron chi connectivity index (χ1n) is 5.42. The number of alkyl halides is 3. The minimum Gasteiger partial charge on any atom is -0.382 e. The van der Waals surface area contributed by atoms with E-state index in [4.69, 9.17) is 11.5 Å². The van der Waals surface area contributed by atoms with E-state index in [0.29, 0.717) is 0 Å². The third-order valence-corrected chi connectivity index (χ3v) is 1.93. The van der Waals surface area contributed by atoms with Gasteiger partial charge in [-0.05, 0) is 26.0 Å². The Kier molecular flexibility index (Phi) is 4.47. The predicted octanol–water partition coefficient (Wildman–Crippen LogP) is 1.53. The molecule has 0 aliphatic rings. The van der Waals surface area contributed by atoms with E-state index in [0.717, 1.165) is 6.07 Å². The maximum absolute atomic E-state index is 12.5. The molecule has 1 rings (SSSR count). The molecule has 0 atom stereocenters. The Morgan fingerprint density at radius 3 is 2.42 bits per heavy atom. The van der Waals surface area contributed by atoms with Crippen molar-refractivity contribution < 1.29 is 13.2 Å². The van der Waals surface area contributed by atoms with Gasteiger partial charge in [0, 0.05) is 6.04 Å². The van der Waals surface area contributed by atoms with E-state index in [1.807, 2.05) is 0 Å². The summed E-state index contributed by atoms with van der Waals surface area (Å²) in [6.07, 6.45) is -4.53. The second-order valence-corrected chi connectivity index (χ2v) is 3.98. The molecular formula is C11H14F3N5. The van der Waals surface area contributed by atoms with Crippen LogP contribution < -0.4 is 11.5 Å². The van der Waals surface area contributed by atoms with E-state index in [-0.39, 0.29) is 23.5 Å². The van der Waals surface area contributed by atoms with E-state index in [9.17, 15) is 13.2 Å². The zero-order valence-electron chi connectivity index (χ0n) is 10.4. The molecule has 8 heteroatoms. The maximum Gasteiger partial charge on any atom is 0.433 e. The summed E-state index contributed by atoms with van der Waals surface area (Å²) in [7, 11) is 0. The average molecular weight is 273 g/mol. The van der Waals surface area contributed by atoms with Crippen LogP contribution in [0.4, 0.5) is 13.2 Å². The molecule has 4 N–H and O–H groups in total. The van der Waals surface area contributed by atoms with Gasteiger partial charge in [-0.15, -0.1) is 0 Å². The third kappa shape index (κ3) is 4.57. The average Bonchev–Trinajstić information content (AvgIpc) is 2.26. The molecule has 0 aromatic carbocycles. The van der Waals surface area contributed by atoms with Crippen molar-refractivity contribution in [1.82, 2.24) is 4.98 Å². The van der Waals surface area contributed by atoms with Gasteiger partial charge in [0.1, 0.15) is 11.4 Å². The van der Waals surface area contributed by atoms with Crippen molar-refractivity contribution in [2.24, 2.45) is 21.5 Å². The number of aliphatic imine (C=N–C) groups is 2. The lowest BCUT2D eigenvalue weighted by Gasteiger charge is -2.07. The summed E-state index contributed by atoms with van der Waals surface area (Å²) in [5.41, 5.74) is 9.87. The molecule has 0 aliphatic heterocycles. The quantitative estimate of drug-likeness (QED) is 0.632. The van der Waals surface area contributed by atoms with E-state index in [2.05, 4.69) is 15.0 Å². The van der Waals surface area contributed by atoms with Crippen molar-refractivity contribution in [3.8, 4) is 0 Å². The monoisotopic (exact) mass is 273 g/mol. The summed E-state index contributed by atoms with van der Waals surface area (Å²) in [4.78, 5) is 11.0. The first-order valence-corrected chi connectivity index (χ1v) is 5.42. The van der Waals surface area contributed by atoms with Crippen LogP contribution in [0.5, 0.6) is 0 Å². The van der Waals surface area contributed by atoms with Gasteiger partial charge in [-0.25, -0.2) is 9.98 Å². The lowest BCUT2D eigenvalue weighted by Crippen LogP contribution is -2.22. The Balaban J connectivity index is 3.07. The second-order valence-electron chi connectivity index (χ2n) is 3.98. The van der Waals surface area contributed by atoms with E-state index in [1.165, 1.54) is 12.1 Å². The largest absolute Gasteiger partial charge is 0.433 e. The Morgan fingerprint density at radius 2 is 1.89 bits per heavy atom. The standard InChI is InChI=1S/C11H14F3N5/c1-6(2)17-10(16)19-9(15)7-4-3-5-8(18-7)11(12,13)14/h3-6H,1-2H3,(H4,15,16,17,19). The molecule has 1 heterocycles. The molecule has 0 aliphatic carbocycles. The van der Waals surface area contributed by atoms with Crippen molar-refractivity contribution in [1.29, 1.82) is 0 Å². The topological polar surface area (TPSA) is 89.6 Å². The van der Waals surface area contributed by atoms with E-state index in [1.54, 1.807) is 13.8 Å². The van der Waals surface area contributed by atoms with Crippen molar-refractivity contribution in [2.75, 3.05) is 0 Å². The molecule has 1 aromatic rings. The Bertz CT molecular complexity index is 505. The third-order valence-electron chi connectivity index (χ3n) is 1.93. The molecule has 0 saturated heterocycles. The van der Waals surface area contributed by atoms with Crippen molar-refractivity contribution >= 4 is 11.8 Å². The highest BCUT2D eigenvalue weighted by molar-refractivity contribution is 6.03. The van der Waals surface area contributed by atoms with Gasteiger partial charge >= 0.3 is 6.18 Å². The van der Waals surface area contributed by atoms with Gasteiger partial charge in [0.05, 0.1) is 0 Å². The molecule has 0 fully saturated rings. The van der Waals surface area contributed by atoms with Gasteiger partial charge < -0.3 is 11.5 Å². The van der Waals surface area contributed by atoms with Crippen molar-refractivity contribution in [3.63, 3.8) is 0 Å². The number of guanidine groups is 1. The lowest BCUT2D eigenvalue weighted by atomic mass is 10.3. The molecule has 0 bridgehead atoms. The summed E-state index contributed by atoms with van der Waals surface area (Å²) in [6.45, 7) is 3.56. The number of aromatic nitrogens is 1. The van der Waals surface area contributed by atoms with Crippen molar-refractivity contribution in [2.45, 2.75) is 26.1 Å². The molecule has 104 valence electrons. The minimum atomic E-state index is -4.53. The number of pyridine rings is 1. The maximum atomic E-state index is 12.5. The Hall–Kier alpha value is -2.12. The van der Waals surface area contributed by atoms with Crippen LogP contribution >= 0.6 is 0 Å². The van der Waals surface area contributed by atoms with Crippen LogP contribution in [0.2, 0.25) is 0 Å². The summed E-state index contributed by atoms with van der Waals surface area (Å²) < 4.78 is 37.4. The second kappa shape index (κ2) is 5.68. The zero-order valence-corrected chi connectivity index (χ0v) is 10.4. The fourth-order valence-corrected chi connectivity index (χ4v) is 1.21. The molecule has 0 unspecified atom stereocenters. The number of hydrogen-bond donors (Lipinski definition) is 2. The number of amidine groups is 1. The number of nitrogens with zero attached hydrogens (tertiary/aromatic N) is 3. The van der Waals surface area contributed by atoms with Crippen LogP contribution in [-0.2, 0) is 6.18 Å². The molecule has 0 amide bonds. The molecule has 1 aromatic heterocycles. The van der Waals surface area contributed by atoms with Crippen LogP contribution in [0, 0.1) is 0 Å². The number of rotatable bonds is 2. The van der Waals surface area contributed by atoms with E-state index < -0.39 is 11.9 Å². The fraction of sp³-hybridized carbons (Fsp3) is 0.364. The smallest absolute Gasteiger partial charge is 0.382 e. The van der Waals surface area contributed by atoms with Gasteiger partial charge in [0.15, 0.2) is 5.84 Å². The SMILES string of the molecule is CC(C)N=C(N)N=C(N)c1cccc(C(F)(F)F)n1. The van der Waals surface area contributed by atoms with Gasteiger partial charge in [-0.3, -0.25) is 0 Å². The van der Waals surface area contributed by atoms with E-state index >= 15 is 0 Å². The number of nitrogens with two attached hydrogens (primary N) is 2. The van der Waals surface area contributed by atoms with Gasteiger partial charge in [0.2, 0.25) is 5.96 Å². The normalized spacial score (nSPS) is 14.0. The molecule has 5 nitrogen and oxygen atoms in total. The number of halogens is 3. The highest BCUT2D eigenvalue weighted by atomic mass is 19.4. The van der Waals surface area contributed by atoms with Crippen LogP contribution in [0.15, 0.2) is 28.2 Å². The summed E-state index contributed by atoms with van der Waals surface area (Å²) in [5.74, 6) is -0.320. The molecule has 0 saturated carbocycles. The molecule has 0 spiro atoms. The predicted molar refractivity (Wildman–Crippen MR) is 66.7 cm³/mol. The highest BCUT2D eigenvalue weighted by Gasteiger charge is 2.32. The summed E-state index contributed by atoms with van der Waals surface area (Å²) in [6, 6.07) is 3.27. The summed E-state index contributed by atoms with van der Waals surface area (Å²) in [5, 5.41) is 0.